The van der Waals surface area contributed by atoms with Gasteiger partial charge in [0.1, 0.15) is 22.3 Å². The minimum atomic E-state index is 0.930. The zero-order chi connectivity index (χ0) is 26.9. The van der Waals surface area contributed by atoms with E-state index in [1.54, 1.807) is 0 Å². The average molecular weight is 545 g/mol. The molecule has 0 bridgehead atoms. The van der Waals surface area contributed by atoms with Gasteiger partial charge in [0.2, 0.25) is 0 Å². The maximum absolute atomic E-state index is 6.19. The Labute approximate surface area is 241 Å². The summed E-state index contributed by atoms with van der Waals surface area (Å²) in [6.45, 7) is 0. The van der Waals surface area contributed by atoms with E-state index in [1.807, 2.05) is 36.0 Å². The third-order valence-corrected chi connectivity index (χ3v) is 9.48. The Morgan fingerprint density at radius 3 is 2.02 bits per heavy atom. The number of furan rings is 2. The van der Waals surface area contributed by atoms with E-state index in [-0.39, 0.29) is 0 Å². The second-order valence-corrected chi connectivity index (χ2v) is 11.8. The third-order valence-electron chi connectivity index (χ3n) is 8.45. The number of rotatable bonds is 2. The highest BCUT2D eigenvalue weighted by Gasteiger charge is 2.19. The second-order valence-electron chi connectivity index (χ2n) is 10.8. The van der Waals surface area contributed by atoms with Gasteiger partial charge in [-0.25, -0.2) is 0 Å². The van der Waals surface area contributed by atoms with Crippen molar-refractivity contribution >= 4 is 55.6 Å². The molecule has 194 valence electrons. The van der Waals surface area contributed by atoms with Crippen LogP contribution in [0.2, 0.25) is 0 Å². The van der Waals surface area contributed by atoms with Gasteiger partial charge in [-0.15, -0.1) is 0 Å². The molecular formula is C38H24O2S. The smallest absolute Gasteiger partial charge is 0.136 e. The Morgan fingerprint density at radius 1 is 0.415 bits per heavy atom. The maximum Gasteiger partial charge on any atom is 0.136 e. The molecule has 0 radical (unpaired) electrons. The van der Waals surface area contributed by atoms with Crippen molar-refractivity contribution in [3.05, 3.63) is 132 Å². The molecule has 0 atom stereocenters. The molecule has 41 heavy (non-hydrogen) atoms. The van der Waals surface area contributed by atoms with Crippen LogP contribution in [0.1, 0.15) is 11.1 Å². The number of hydrogen-bond acceptors (Lipinski definition) is 3. The summed E-state index contributed by atoms with van der Waals surface area (Å²) in [5, 5.41) is 4.67. The van der Waals surface area contributed by atoms with Gasteiger partial charge in [-0.05, 0) is 87.0 Å². The zero-order valence-corrected chi connectivity index (χ0v) is 23.0. The van der Waals surface area contributed by atoms with Gasteiger partial charge >= 0.3 is 0 Å². The number of para-hydroxylation sites is 2. The monoisotopic (exact) mass is 544 g/mol. The highest BCUT2D eigenvalue weighted by molar-refractivity contribution is 7.97. The molecule has 0 amide bonds. The second kappa shape index (κ2) is 8.89. The Hall–Kier alpha value is -4.73. The molecule has 0 saturated heterocycles. The van der Waals surface area contributed by atoms with Gasteiger partial charge in [-0.1, -0.05) is 78.9 Å². The molecule has 3 heteroatoms. The van der Waals surface area contributed by atoms with E-state index in [2.05, 4.69) is 97.1 Å². The highest BCUT2D eigenvalue weighted by atomic mass is 32.2. The minimum absolute atomic E-state index is 0.930. The van der Waals surface area contributed by atoms with Crippen LogP contribution in [0.3, 0.4) is 0 Å². The topological polar surface area (TPSA) is 26.3 Å². The van der Waals surface area contributed by atoms with Crippen LogP contribution >= 0.6 is 11.8 Å². The summed E-state index contributed by atoms with van der Waals surface area (Å²) in [7, 11) is 0. The summed E-state index contributed by atoms with van der Waals surface area (Å²) in [6, 6.07) is 43.5. The van der Waals surface area contributed by atoms with E-state index in [0.717, 1.165) is 44.6 Å². The van der Waals surface area contributed by atoms with Crippen LogP contribution in [0.15, 0.2) is 130 Å². The molecule has 1 aliphatic heterocycles. The normalized spacial score (nSPS) is 13.1. The van der Waals surface area contributed by atoms with E-state index in [4.69, 9.17) is 8.83 Å². The first kappa shape index (κ1) is 23.0. The van der Waals surface area contributed by atoms with Crippen LogP contribution in [0.4, 0.5) is 0 Å². The van der Waals surface area contributed by atoms with Crippen molar-refractivity contribution in [3.8, 4) is 33.4 Å². The van der Waals surface area contributed by atoms with E-state index in [0.29, 0.717) is 0 Å². The van der Waals surface area contributed by atoms with Gasteiger partial charge < -0.3 is 8.83 Å². The van der Waals surface area contributed by atoms with E-state index in [1.165, 1.54) is 55.3 Å². The molecule has 2 nitrogen and oxygen atoms in total. The highest BCUT2D eigenvalue weighted by Crippen LogP contribution is 2.43. The van der Waals surface area contributed by atoms with Gasteiger partial charge in [0.15, 0.2) is 0 Å². The largest absolute Gasteiger partial charge is 0.456 e. The van der Waals surface area contributed by atoms with Gasteiger partial charge in [0, 0.05) is 33.1 Å². The lowest BCUT2D eigenvalue weighted by Gasteiger charge is -2.14. The predicted octanol–water partition coefficient (Wildman–Crippen LogP) is 11.2. The number of fused-ring (bicyclic) bond motifs is 9. The number of hydrogen-bond donors (Lipinski definition) is 0. The van der Waals surface area contributed by atoms with Gasteiger partial charge in [-0.2, -0.15) is 11.8 Å². The molecule has 0 aliphatic carbocycles. The van der Waals surface area contributed by atoms with E-state index in [9.17, 15) is 0 Å². The molecule has 0 N–H and O–H groups in total. The molecule has 3 heterocycles. The van der Waals surface area contributed by atoms with Crippen LogP contribution < -0.4 is 0 Å². The average Bonchev–Trinajstić information content (AvgIpc) is 3.53. The third kappa shape index (κ3) is 3.59. The molecule has 2 aromatic heterocycles. The molecule has 0 unspecified atom stereocenters. The van der Waals surface area contributed by atoms with Crippen LogP contribution in [0, 0.1) is 0 Å². The standard InChI is InChI=1S/C38H24O2S/c1-3-9-34-30(6-1)31-17-15-24(20-37(31)40-34)23-14-16-28-27(18-23)22-41-21-26-13-12-25(19-33(26)28)29-8-5-11-36-38(29)32-7-2-4-10-35(32)39-36/h1-20H,21-22H2. The number of benzene rings is 6. The van der Waals surface area contributed by atoms with Crippen molar-refractivity contribution in [1.29, 1.82) is 0 Å². The van der Waals surface area contributed by atoms with Crippen LogP contribution in [0.25, 0.3) is 77.3 Å². The Morgan fingerprint density at radius 2 is 1.10 bits per heavy atom. The SMILES string of the molecule is c1ccc2c(c1)oc1cc(-c3ccc4c(c3)CSCc3ccc(-c5cccc6oc7ccccc7c56)cc3-4)ccc12. The van der Waals surface area contributed by atoms with Crippen molar-refractivity contribution < 1.29 is 8.83 Å². The Balaban J connectivity index is 1.17. The first-order chi connectivity index (χ1) is 20.3. The van der Waals surface area contributed by atoms with Crippen molar-refractivity contribution in [3.63, 3.8) is 0 Å². The fraction of sp³-hybridized carbons (Fsp3) is 0.0526. The van der Waals surface area contributed by atoms with Crippen molar-refractivity contribution in [2.45, 2.75) is 11.5 Å². The first-order valence-corrected chi connectivity index (χ1v) is 15.1. The molecule has 0 spiro atoms. The van der Waals surface area contributed by atoms with Gasteiger partial charge in [0.05, 0.1) is 0 Å². The summed E-state index contributed by atoms with van der Waals surface area (Å²) in [4.78, 5) is 0. The summed E-state index contributed by atoms with van der Waals surface area (Å²) >= 11 is 1.98. The summed E-state index contributed by atoms with van der Waals surface area (Å²) < 4.78 is 12.4. The summed E-state index contributed by atoms with van der Waals surface area (Å²) in [6.07, 6.45) is 0. The maximum atomic E-state index is 6.19. The molecule has 8 aromatic rings. The van der Waals surface area contributed by atoms with Crippen LogP contribution in [0.5, 0.6) is 0 Å². The molecular weight excluding hydrogens is 520 g/mol. The lowest BCUT2D eigenvalue weighted by atomic mass is 9.90. The van der Waals surface area contributed by atoms with Crippen molar-refractivity contribution in [2.24, 2.45) is 0 Å². The van der Waals surface area contributed by atoms with Crippen LogP contribution in [-0.4, -0.2) is 0 Å². The van der Waals surface area contributed by atoms with Crippen molar-refractivity contribution in [2.75, 3.05) is 0 Å². The lowest BCUT2D eigenvalue weighted by Crippen LogP contribution is -1.91. The molecule has 9 rings (SSSR count). The Kier molecular flexibility index (Phi) is 4.99. The fourth-order valence-electron chi connectivity index (χ4n) is 6.47. The first-order valence-electron chi connectivity index (χ1n) is 14.0. The molecule has 0 fully saturated rings. The zero-order valence-electron chi connectivity index (χ0n) is 22.2. The molecule has 1 aliphatic rings. The number of thioether (sulfide) groups is 1. The molecule has 0 saturated carbocycles. The minimum Gasteiger partial charge on any atom is -0.456 e. The van der Waals surface area contributed by atoms with E-state index >= 15 is 0 Å². The quantitative estimate of drug-likeness (QED) is 0.216. The summed E-state index contributed by atoms with van der Waals surface area (Å²) in [5.74, 6) is 1.99. The predicted molar refractivity (Wildman–Crippen MR) is 172 cm³/mol. The van der Waals surface area contributed by atoms with Crippen LogP contribution in [-0.2, 0) is 11.5 Å². The lowest BCUT2D eigenvalue weighted by molar-refractivity contribution is 0.668. The summed E-state index contributed by atoms with van der Waals surface area (Å²) in [5.41, 5.74) is 14.0. The van der Waals surface area contributed by atoms with Gasteiger partial charge in [0.25, 0.3) is 0 Å². The fourth-order valence-corrected chi connectivity index (χ4v) is 7.50. The van der Waals surface area contributed by atoms with Crippen molar-refractivity contribution in [1.82, 2.24) is 0 Å². The van der Waals surface area contributed by atoms with E-state index < -0.39 is 0 Å². The molecule has 6 aromatic carbocycles. The van der Waals surface area contributed by atoms with Gasteiger partial charge in [-0.3, -0.25) is 0 Å². The Bertz CT molecular complexity index is 2300.